The normalized spacial score (nSPS) is 17.4. The van der Waals surface area contributed by atoms with Crippen LogP contribution in [0.5, 0.6) is 0 Å². The van der Waals surface area contributed by atoms with Crippen LogP contribution in [0, 0.1) is 6.92 Å². The van der Waals surface area contributed by atoms with Crippen molar-refractivity contribution in [3.63, 3.8) is 0 Å². The Labute approximate surface area is 170 Å². The number of likely N-dealkylation sites (tertiary alicyclic amines) is 1. The summed E-state index contributed by atoms with van der Waals surface area (Å²) in [6.45, 7) is 2.43. The van der Waals surface area contributed by atoms with Crippen LogP contribution >= 0.6 is 23.2 Å². The largest absolute Gasteiger partial charge is 0.341 e. The zero-order valence-corrected chi connectivity index (χ0v) is 16.5. The Morgan fingerprint density at radius 3 is 2.21 bits per heavy atom. The fourth-order valence-corrected chi connectivity index (χ4v) is 3.84. The first-order chi connectivity index (χ1) is 13.3. The summed E-state index contributed by atoms with van der Waals surface area (Å²) in [5.74, 6) is -0.0926. The van der Waals surface area contributed by atoms with E-state index < -0.39 is 11.8 Å². The smallest absolute Gasteiger partial charge is 0.262 e. The predicted molar refractivity (Wildman–Crippen MR) is 99.4 cm³/mol. The average Bonchev–Trinajstić information content (AvgIpc) is 3.20. The Morgan fingerprint density at radius 1 is 1.14 bits per heavy atom. The van der Waals surface area contributed by atoms with E-state index >= 15 is 0 Å². The zero-order chi connectivity index (χ0) is 20.0. The molecule has 2 aromatic rings. The number of piperidine rings is 1. The summed E-state index contributed by atoms with van der Waals surface area (Å²) >= 11 is 11.9. The maximum Gasteiger partial charge on any atom is 0.262 e. The van der Waals surface area contributed by atoms with E-state index in [2.05, 4.69) is 10.1 Å². The molecule has 1 aromatic heterocycles. The fraction of sp³-hybridized carbons (Fsp3) is 0.389. The van der Waals surface area contributed by atoms with Gasteiger partial charge in [0.25, 0.3) is 11.8 Å². The third kappa shape index (κ3) is 3.27. The Morgan fingerprint density at radius 2 is 1.71 bits per heavy atom. The second-order valence-electron chi connectivity index (χ2n) is 6.84. The number of amides is 3. The van der Waals surface area contributed by atoms with E-state index in [1.54, 1.807) is 11.8 Å². The van der Waals surface area contributed by atoms with Gasteiger partial charge in [0.2, 0.25) is 11.8 Å². The number of fused-ring (bicyclic) bond motifs is 1. The van der Waals surface area contributed by atoms with E-state index in [4.69, 9.17) is 27.7 Å². The topological polar surface area (TPSA) is 96.6 Å². The van der Waals surface area contributed by atoms with E-state index in [1.165, 1.54) is 12.1 Å². The first-order valence-corrected chi connectivity index (χ1v) is 9.54. The minimum atomic E-state index is -0.539. The Bertz CT molecular complexity index is 941. The summed E-state index contributed by atoms with van der Waals surface area (Å²) in [6.07, 6.45) is 1.36. The average molecular weight is 423 g/mol. The van der Waals surface area contributed by atoms with Crippen LogP contribution < -0.4 is 0 Å². The van der Waals surface area contributed by atoms with Gasteiger partial charge in [-0.15, -0.1) is 0 Å². The number of hydrogen-bond donors (Lipinski definition) is 0. The Balaban J connectivity index is 1.41. The van der Waals surface area contributed by atoms with Crippen molar-refractivity contribution in [2.75, 3.05) is 19.6 Å². The molecule has 0 saturated carbocycles. The molecule has 0 bridgehead atoms. The van der Waals surface area contributed by atoms with Gasteiger partial charge in [-0.3, -0.25) is 19.3 Å². The lowest BCUT2D eigenvalue weighted by Crippen LogP contribution is -2.45. The van der Waals surface area contributed by atoms with Gasteiger partial charge in [0.15, 0.2) is 5.82 Å². The standard InChI is InChI=1S/C18H16Cl2N4O4/c1-9-21-16(28-22-9)10-2-4-23(5-3-10)15(25)8-24-17(26)11-6-13(19)14(20)7-12(11)18(24)27/h6-7,10H,2-5,8H2,1H3. The summed E-state index contributed by atoms with van der Waals surface area (Å²) in [6, 6.07) is 2.73. The maximum atomic E-state index is 12.7. The number of carbonyl (C=O) groups excluding carboxylic acids is 3. The van der Waals surface area contributed by atoms with Crippen molar-refractivity contribution in [1.29, 1.82) is 0 Å². The number of nitrogens with zero attached hydrogens (tertiary/aromatic N) is 4. The van der Waals surface area contributed by atoms with Crippen molar-refractivity contribution in [3.8, 4) is 0 Å². The van der Waals surface area contributed by atoms with Crippen LogP contribution in [0.25, 0.3) is 0 Å². The third-order valence-electron chi connectivity index (χ3n) is 5.05. The third-order valence-corrected chi connectivity index (χ3v) is 5.77. The molecule has 1 saturated heterocycles. The van der Waals surface area contributed by atoms with Crippen molar-refractivity contribution >= 4 is 40.9 Å². The highest BCUT2D eigenvalue weighted by atomic mass is 35.5. The lowest BCUT2D eigenvalue weighted by Gasteiger charge is -2.31. The van der Waals surface area contributed by atoms with E-state index in [0.29, 0.717) is 37.6 Å². The molecule has 3 heterocycles. The molecular weight excluding hydrogens is 407 g/mol. The molecule has 0 radical (unpaired) electrons. The van der Waals surface area contributed by atoms with E-state index in [9.17, 15) is 14.4 Å². The molecule has 2 aliphatic heterocycles. The van der Waals surface area contributed by atoms with Crippen LogP contribution in [0.1, 0.15) is 51.2 Å². The number of rotatable bonds is 3. The zero-order valence-electron chi connectivity index (χ0n) is 14.9. The fourth-order valence-electron chi connectivity index (χ4n) is 3.52. The molecule has 0 atom stereocenters. The molecule has 4 rings (SSSR count). The van der Waals surface area contributed by atoms with Gasteiger partial charge in [-0.25, -0.2) is 0 Å². The van der Waals surface area contributed by atoms with Crippen LogP contribution in [-0.2, 0) is 4.79 Å². The number of hydrogen-bond acceptors (Lipinski definition) is 6. The second-order valence-corrected chi connectivity index (χ2v) is 7.66. The van der Waals surface area contributed by atoms with Crippen LogP contribution in [0.4, 0.5) is 0 Å². The minimum absolute atomic E-state index is 0.105. The number of aromatic nitrogens is 2. The number of benzene rings is 1. The molecule has 3 amide bonds. The van der Waals surface area contributed by atoms with Crippen LogP contribution in [0.15, 0.2) is 16.7 Å². The molecule has 146 valence electrons. The van der Waals surface area contributed by atoms with E-state index in [0.717, 1.165) is 4.90 Å². The van der Waals surface area contributed by atoms with Gasteiger partial charge < -0.3 is 9.42 Å². The van der Waals surface area contributed by atoms with Crippen LogP contribution in [0.2, 0.25) is 10.0 Å². The van der Waals surface area contributed by atoms with Crippen molar-refractivity contribution < 1.29 is 18.9 Å². The Hall–Kier alpha value is -2.45. The maximum absolute atomic E-state index is 12.7. The molecule has 0 spiro atoms. The number of imide groups is 1. The van der Waals surface area contributed by atoms with Gasteiger partial charge in [0, 0.05) is 19.0 Å². The summed E-state index contributed by atoms with van der Waals surface area (Å²) < 4.78 is 5.21. The summed E-state index contributed by atoms with van der Waals surface area (Å²) in [5, 5.41) is 4.17. The monoisotopic (exact) mass is 422 g/mol. The summed E-state index contributed by atoms with van der Waals surface area (Å²) in [7, 11) is 0. The van der Waals surface area contributed by atoms with E-state index in [1.807, 2.05) is 0 Å². The number of aryl methyl sites for hydroxylation is 1. The number of halogens is 2. The van der Waals surface area contributed by atoms with Crippen molar-refractivity contribution in [2.24, 2.45) is 0 Å². The van der Waals surface area contributed by atoms with Gasteiger partial charge in [-0.05, 0) is 31.9 Å². The highest BCUT2D eigenvalue weighted by Gasteiger charge is 2.38. The molecule has 1 aromatic carbocycles. The van der Waals surface area contributed by atoms with Gasteiger partial charge in [0.1, 0.15) is 6.54 Å². The summed E-state index contributed by atoms with van der Waals surface area (Å²) in [5.41, 5.74) is 0.329. The molecule has 0 aliphatic carbocycles. The predicted octanol–water partition coefficient (Wildman–Crippen LogP) is 2.69. The lowest BCUT2D eigenvalue weighted by atomic mass is 9.96. The first kappa shape index (κ1) is 18.9. The molecule has 8 nitrogen and oxygen atoms in total. The highest BCUT2D eigenvalue weighted by Crippen LogP contribution is 2.32. The molecule has 2 aliphatic rings. The van der Waals surface area contributed by atoms with Crippen molar-refractivity contribution in [1.82, 2.24) is 19.9 Å². The van der Waals surface area contributed by atoms with Gasteiger partial charge in [-0.1, -0.05) is 28.4 Å². The van der Waals surface area contributed by atoms with Crippen LogP contribution in [-0.4, -0.2) is 57.3 Å². The van der Waals surface area contributed by atoms with E-state index in [-0.39, 0.29) is 39.5 Å². The molecule has 28 heavy (non-hydrogen) atoms. The van der Waals surface area contributed by atoms with Crippen LogP contribution in [0.3, 0.4) is 0 Å². The lowest BCUT2D eigenvalue weighted by molar-refractivity contribution is -0.132. The molecule has 10 heteroatoms. The van der Waals surface area contributed by atoms with Gasteiger partial charge in [-0.2, -0.15) is 4.98 Å². The Kier molecular flexibility index (Phi) is 4.84. The molecule has 0 N–H and O–H groups in total. The van der Waals surface area contributed by atoms with Crippen molar-refractivity contribution in [2.45, 2.75) is 25.7 Å². The number of carbonyl (C=O) groups is 3. The quantitative estimate of drug-likeness (QED) is 0.705. The SMILES string of the molecule is Cc1noc(C2CCN(C(=O)CN3C(=O)c4cc(Cl)c(Cl)cc4C3=O)CC2)n1. The molecular formula is C18H16Cl2N4O4. The molecule has 0 unspecified atom stereocenters. The highest BCUT2D eigenvalue weighted by molar-refractivity contribution is 6.43. The van der Waals surface area contributed by atoms with Gasteiger partial charge >= 0.3 is 0 Å². The van der Waals surface area contributed by atoms with Gasteiger partial charge in [0.05, 0.1) is 21.2 Å². The second kappa shape index (κ2) is 7.18. The van der Waals surface area contributed by atoms with Crippen molar-refractivity contribution in [3.05, 3.63) is 45.0 Å². The summed E-state index contributed by atoms with van der Waals surface area (Å²) in [4.78, 5) is 44.5. The minimum Gasteiger partial charge on any atom is -0.341 e. The molecule has 1 fully saturated rings. The first-order valence-electron chi connectivity index (χ1n) is 8.78.